The third kappa shape index (κ3) is 7.39. The van der Waals surface area contributed by atoms with Crippen LogP contribution in [0.15, 0.2) is 47.6 Å². The molecule has 0 saturated carbocycles. The van der Waals surface area contributed by atoms with Gasteiger partial charge in [-0.25, -0.2) is 0 Å². The number of hydrogen-bond donors (Lipinski definition) is 1. The van der Waals surface area contributed by atoms with Crippen LogP contribution in [0.2, 0.25) is 0 Å². The molecule has 2 heterocycles. The Kier molecular flexibility index (Phi) is 8.90. The summed E-state index contributed by atoms with van der Waals surface area (Å²) in [6.07, 6.45) is 8.31. The minimum absolute atomic E-state index is 0.128. The highest BCUT2D eigenvalue weighted by atomic mass is 16.5. The summed E-state index contributed by atoms with van der Waals surface area (Å²) in [6.45, 7) is 6.44. The number of piperidine rings is 1. The number of unbranched alkanes of at least 4 members (excludes halogenated alkanes) is 1. The molecule has 1 fully saturated rings. The molecule has 7 nitrogen and oxygen atoms in total. The van der Waals surface area contributed by atoms with Crippen molar-refractivity contribution in [2.24, 2.45) is 5.10 Å². The first-order valence-corrected chi connectivity index (χ1v) is 12.8. The van der Waals surface area contributed by atoms with Gasteiger partial charge in [0.2, 0.25) is 0 Å². The van der Waals surface area contributed by atoms with Crippen molar-refractivity contribution in [3.8, 4) is 0 Å². The maximum Gasteiger partial charge on any atom is 0.320 e. The topological polar surface area (TPSA) is 74.2 Å². The van der Waals surface area contributed by atoms with Gasteiger partial charge in [-0.1, -0.05) is 31.5 Å². The summed E-state index contributed by atoms with van der Waals surface area (Å²) in [5, 5.41) is 9.68. The highest BCUT2D eigenvalue weighted by molar-refractivity contribution is 6.04. The van der Waals surface area contributed by atoms with Crippen LogP contribution in [0.5, 0.6) is 0 Å². The molecule has 0 aliphatic carbocycles. The lowest BCUT2D eigenvalue weighted by Gasteiger charge is -2.28. The molecule has 35 heavy (non-hydrogen) atoms. The Hall–Kier alpha value is -3.19. The molecule has 2 aliphatic heterocycles. The average molecular weight is 477 g/mol. The lowest BCUT2D eigenvalue weighted by molar-refractivity contribution is -0.145. The molecule has 2 aromatic rings. The van der Waals surface area contributed by atoms with Crippen LogP contribution < -0.4 is 5.32 Å². The predicted octanol–water partition coefficient (Wildman–Crippen LogP) is 4.46. The van der Waals surface area contributed by atoms with E-state index in [1.54, 1.807) is 0 Å². The highest BCUT2D eigenvalue weighted by Crippen LogP contribution is 2.23. The average Bonchev–Trinajstić information content (AvgIpc) is 2.88. The van der Waals surface area contributed by atoms with Crippen molar-refractivity contribution in [2.45, 2.75) is 52.0 Å². The number of amides is 1. The fraction of sp³-hybridized carbons (Fsp3) is 0.464. The summed E-state index contributed by atoms with van der Waals surface area (Å²) in [6, 6.07) is 13.5. The second-order valence-electron chi connectivity index (χ2n) is 9.35. The van der Waals surface area contributed by atoms with E-state index in [4.69, 9.17) is 4.74 Å². The number of hydrogen-bond acceptors (Lipinski definition) is 6. The largest absolute Gasteiger partial charge is 0.465 e. The number of carbonyl (C=O) groups is 2. The van der Waals surface area contributed by atoms with Gasteiger partial charge in [0.05, 0.1) is 19.4 Å². The first kappa shape index (κ1) is 24.9. The van der Waals surface area contributed by atoms with Gasteiger partial charge in [-0.05, 0) is 73.1 Å². The number of rotatable bonds is 9. The van der Waals surface area contributed by atoms with Crippen molar-refractivity contribution in [2.75, 3.05) is 38.1 Å². The molecule has 0 unspecified atom stereocenters. The predicted molar refractivity (Wildman–Crippen MR) is 139 cm³/mol. The van der Waals surface area contributed by atoms with Crippen molar-refractivity contribution in [3.63, 3.8) is 0 Å². The maximum atomic E-state index is 12.8. The first-order chi connectivity index (χ1) is 17.1. The Morgan fingerprint density at radius 2 is 1.83 bits per heavy atom. The summed E-state index contributed by atoms with van der Waals surface area (Å²) < 4.78 is 5.29. The van der Waals surface area contributed by atoms with Crippen LogP contribution in [0.3, 0.4) is 0 Å². The quantitative estimate of drug-likeness (QED) is 0.329. The summed E-state index contributed by atoms with van der Waals surface area (Å²) in [5.41, 5.74) is 4.79. The van der Waals surface area contributed by atoms with Crippen molar-refractivity contribution in [1.29, 1.82) is 0 Å². The van der Waals surface area contributed by atoms with Crippen molar-refractivity contribution >= 4 is 23.8 Å². The number of anilines is 1. The van der Waals surface area contributed by atoms with Gasteiger partial charge in [0, 0.05) is 37.4 Å². The second-order valence-corrected chi connectivity index (χ2v) is 9.35. The van der Waals surface area contributed by atoms with E-state index in [-0.39, 0.29) is 11.9 Å². The summed E-state index contributed by atoms with van der Waals surface area (Å²) in [5.74, 6) is -0.286. The summed E-state index contributed by atoms with van der Waals surface area (Å²) in [7, 11) is 0. The number of nitrogens with one attached hydrogen (secondary N) is 1. The van der Waals surface area contributed by atoms with Crippen LogP contribution in [0, 0.1) is 0 Å². The van der Waals surface area contributed by atoms with Crippen molar-refractivity contribution < 1.29 is 14.3 Å². The monoisotopic (exact) mass is 476 g/mol. The third-order valence-corrected chi connectivity index (χ3v) is 6.54. The van der Waals surface area contributed by atoms with Crippen LogP contribution in [-0.4, -0.2) is 60.8 Å². The fourth-order valence-corrected chi connectivity index (χ4v) is 4.45. The zero-order valence-electron chi connectivity index (χ0n) is 20.7. The van der Waals surface area contributed by atoms with E-state index in [0.29, 0.717) is 25.3 Å². The van der Waals surface area contributed by atoms with Gasteiger partial charge in [-0.2, -0.15) is 5.10 Å². The summed E-state index contributed by atoms with van der Waals surface area (Å²) in [4.78, 5) is 26.9. The third-order valence-electron chi connectivity index (χ3n) is 6.54. The molecule has 0 spiro atoms. The van der Waals surface area contributed by atoms with E-state index in [0.717, 1.165) is 50.1 Å². The Morgan fingerprint density at radius 3 is 2.60 bits per heavy atom. The Balaban J connectivity index is 1.28. The molecule has 186 valence electrons. The zero-order chi connectivity index (χ0) is 24.5. The van der Waals surface area contributed by atoms with Crippen molar-refractivity contribution in [1.82, 2.24) is 9.91 Å². The number of hydrazone groups is 1. The van der Waals surface area contributed by atoms with Gasteiger partial charge in [0.25, 0.3) is 5.91 Å². The molecule has 7 heteroatoms. The van der Waals surface area contributed by atoms with Gasteiger partial charge in [0.15, 0.2) is 0 Å². The number of benzene rings is 2. The Morgan fingerprint density at radius 1 is 1.03 bits per heavy atom. The maximum absolute atomic E-state index is 12.8. The van der Waals surface area contributed by atoms with E-state index in [2.05, 4.69) is 27.3 Å². The van der Waals surface area contributed by atoms with Crippen LogP contribution in [-0.2, 0) is 22.5 Å². The van der Waals surface area contributed by atoms with Gasteiger partial charge >= 0.3 is 5.97 Å². The lowest BCUT2D eigenvalue weighted by Crippen LogP contribution is -2.35. The molecular formula is C28H36N4O3. The fourth-order valence-electron chi connectivity index (χ4n) is 4.45. The van der Waals surface area contributed by atoms with E-state index >= 15 is 0 Å². The minimum Gasteiger partial charge on any atom is -0.465 e. The van der Waals surface area contributed by atoms with E-state index in [9.17, 15) is 9.59 Å². The molecule has 0 aromatic heterocycles. The van der Waals surface area contributed by atoms with Gasteiger partial charge in [-0.15, -0.1) is 0 Å². The van der Waals surface area contributed by atoms with Gasteiger partial charge in [0.1, 0.15) is 0 Å². The number of fused-ring (bicyclic) bond motifs is 1. The lowest BCUT2D eigenvalue weighted by atomic mass is 9.99. The van der Waals surface area contributed by atoms with E-state index in [1.165, 1.54) is 30.4 Å². The molecule has 4 rings (SSSR count). The first-order valence-electron chi connectivity index (χ1n) is 12.8. The Labute approximate surface area is 208 Å². The van der Waals surface area contributed by atoms with Crippen LogP contribution >= 0.6 is 0 Å². The smallest absolute Gasteiger partial charge is 0.320 e. The number of nitrogens with zero attached hydrogens (tertiary/aromatic N) is 3. The summed E-state index contributed by atoms with van der Waals surface area (Å²) >= 11 is 0. The Bertz CT molecular complexity index is 1030. The number of ether oxygens (including phenoxy) is 1. The van der Waals surface area contributed by atoms with Crippen molar-refractivity contribution in [3.05, 3.63) is 64.7 Å². The zero-order valence-corrected chi connectivity index (χ0v) is 20.7. The molecule has 1 saturated heterocycles. The molecule has 0 bridgehead atoms. The molecule has 1 N–H and O–H groups in total. The highest BCUT2D eigenvalue weighted by Gasteiger charge is 2.20. The normalized spacial score (nSPS) is 16.2. The molecule has 0 radical (unpaired) electrons. The standard InChI is InChI=1S/C28H36N4O3/c1-2-3-17-35-27(33)21-31-16-13-24-18-26(12-11-25(24)20-31)30-28(34)23-9-7-22(8-10-23)19-29-32-14-5-4-6-15-32/h7-12,18-19H,2-6,13-17,20-21H2,1H3,(H,30,34). The molecule has 2 aromatic carbocycles. The minimum atomic E-state index is -0.158. The molecule has 0 atom stereocenters. The van der Waals surface area contributed by atoms with Crippen LogP contribution in [0.1, 0.15) is 66.1 Å². The molecule has 1 amide bonds. The van der Waals surface area contributed by atoms with Gasteiger partial charge < -0.3 is 10.1 Å². The number of esters is 1. The molecular weight excluding hydrogens is 440 g/mol. The molecule has 2 aliphatic rings. The number of carbonyl (C=O) groups excluding carboxylic acids is 2. The van der Waals surface area contributed by atoms with Gasteiger partial charge in [-0.3, -0.25) is 19.5 Å². The van der Waals surface area contributed by atoms with Crippen LogP contribution in [0.25, 0.3) is 0 Å². The van der Waals surface area contributed by atoms with E-state index in [1.807, 2.05) is 48.7 Å². The van der Waals surface area contributed by atoms with E-state index < -0.39 is 0 Å². The second kappa shape index (κ2) is 12.5. The van der Waals surface area contributed by atoms with Crippen LogP contribution in [0.4, 0.5) is 5.69 Å². The SMILES string of the molecule is CCCCOC(=O)CN1CCc2cc(NC(=O)c3ccc(C=NN4CCCCC4)cc3)ccc2C1.